The molecule has 0 saturated carbocycles. The predicted molar refractivity (Wildman–Crippen MR) is 69.1 cm³/mol. The number of hydrogen-bond donors (Lipinski definition) is 2. The van der Waals surface area contributed by atoms with Gasteiger partial charge in [0, 0.05) is 11.3 Å². The topological polar surface area (TPSA) is 102 Å². The van der Waals surface area contributed by atoms with Gasteiger partial charge < -0.3 is 0 Å². The van der Waals surface area contributed by atoms with Gasteiger partial charge in [-0.2, -0.15) is 5.10 Å². The molecule has 0 aliphatic carbocycles. The first-order valence-electron chi connectivity index (χ1n) is 4.85. The summed E-state index contributed by atoms with van der Waals surface area (Å²) < 4.78 is 22.5. The van der Waals surface area contributed by atoms with Crippen molar-refractivity contribution in [3.8, 4) is 0 Å². The second kappa shape index (κ2) is 5.47. The molecule has 1 aromatic carbocycles. The molecule has 0 radical (unpaired) electrons. The van der Waals surface area contributed by atoms with Gasteiger partial charge in [-0.1, -0.05) is 11.6 Å². The first-order valence-corrected chi connectivity index (χ1v) is 6.78. The van der Waals surface area contributed by atoms with E-state index in [1.807, 2.05) is 0 Å². The minimum atomic E-state index is -3.97. The number of rotatable bonds is 3. The number of amides is 1. The smallest absolute Gasteiger partial charge is 0.267 e. The van der Waals surface area contributed by atoms with Crippen molar-refractivity contribution in [2.24, 2.45) is 10.2 Å². The van der Waals surface area contributed by atoms with E-state index in [4.69, 9.17) is 16.7 Å². The van der Waals surface area contributed by atoms with E-state index in [9.17, 15) is 13.2 Å². The number of nitrogens with one attached hydrogen (secondary N) is 1. The summed E-state index contributed by atoms with van der Waals surface area (Å²) >= 11 is 5.69. The highest BCUT2D eigenvalue weighted by Gasteiger charge is 2.16. The standard InChI is InChI=1S/C10H12ClN3O3S/c1-6(2)13-14-10(15)7-3-4-8(11)9(5-7)18(12,16)17/h3-5H,1-2H3,(H,14,15)(H2,12,16,17). The first kappa shape index (κ1) is 14.6. The van der Waals surface area contributed by atoms with Gasteiger partial charge in [-0.15, -0.1) is 0 Å². The Labute approximate surface area is 110 Å². The maximum atomic E-state index is 11.6. The normalized spacial score (nSPS) is 10.9. The van der Waals surface area contributed by atoms with Crippen molar-refractivity contribution in [3.05, 3.63) is 28.8 Å². The van der Waals surface area contributed by atoms with Crippen LogP contribution in [-0.2, 0) is 10.0 Å². The average Bonchev–Trinajstić information content (AvgIpc) is 2.24. The lowest BCUT2D eigenvalue weighted by molar-refractivity contribution is 0.0954. The summed E-state index contributed by atoms with van der Waals surface area (Å²) in [5.41, 5.74) is 3.03. The Balaban J connectivity index is 3.14. The van der Waals surface area contributed by atoms with E-state index < -0.39 is 15.9 Å². The quantitative estimate of drug-likeness (QED) is 0.643. The summed E-state index contributed by atoms with van der Waals surface area (Å²) in [6.07, 6.45) is 0. The molecule has 0 saturated heterocycles. The molecule has 0 aliphatic rings. The van der Waals surface area contributed by atoms with Crippen LogP contribution in [0.3, 0.4) is 0 Å². The van der Waals surface area contributed by atoms with E-state index in [0.717, 1.165) is 6.07 Å². The van der Waals surface area contributed by atoms with Crippen LogP contribution in [0.2, 0.25) is 5.02 Å². The Morgan fingerprint density at radius 1 is 1.39 bits per heavy atom. The van der Waals surface area contributed by atoms with Crippen molar-refractivity contribution in [3.63, 3.8) is 0 Å². The molecule has 1 rings (SSSR count). The number of hydrogen-bond acceptors (Lipinski definition) is 4. The van der Waals surface area contributed by atoms with Crippen LogP contribution in [0.25, 0.3) is 0 Å². The lowest BCUT2D eigenvalue weighted by Crippen LogP contribution is -2.20. The van der Waals surface area contributed by atoms with Crippen LogP contribution in [0.5, 0.6) is 0 Å². The zero-order chi connectivity index (χ0) is 13.9. The molecule has 0 spiro atoms. The van der Waals surface area contributed by atoms with Gasteiger partial charge >= 0.3 is 0 Å². The number of halogens is 1. The summed E-state index contributed by atoms with van der Waals surface area (Å²) in [6, 6.07) is 3.78. The highest BCUT2D eigenvalue weighted by Crippen LogP contribution is 2.21. The van der Waals surface area contributed by atoms with Crippen molar-refractivity contribution >= 4 is 33.2 Å². The molecule has 0 aromatic heterocycles. The summed E-state index contributed by atoms with van der Waals surface area (Å²) in [4.78, 5) is 11.3. The maximum Gasteiger partial charge on any atom is 0.271 e. The van der Waals surface area contributed by atoms with Gasteiger partial charge in [-0.3, -0.25) is 4.79 Å². The Morgan fingerprint density at radius 2 is 2.00 bits per heavy atom. The number of carbonyl (C=O) groups is 1. The number of carbonyl (C=O) groups excluding carboxylic acids is 1. The number of benzene rings is 1. The lowest BCUT2D eigenvalue weighted by atomic mass is 10.2. The number of hydrazone groups is 1. The minimum Gasteiger partial charge on any atom is -0.267 e. The first-order chi connectivity index (χ1) is 8.21. The number of primary sulfonamides is 1. The van der Waals surface area contributed by atoms with Crippen LogP contribution in [0.15, 0.2) is 28.2 Å². The summed E-state index contributed by atoms with van der Waals surface area (Å²) in [5.74, 6) is -0.544. The molecule has 0 unspecified atom stereocenters. The molecule has 0 fully saturated rings. The highest BCUT2D eigenvalue weighted by molar-refractivity contribution is 7.89. The van der Waals surface area contributed by atoms with Gasteiger partial charge in [-0.05, 0) is 32.0 Å². The molecule has 1 aromatic rings. The fourth-order valence-corrected chi connectivity index (χ4v) is 2.16. The minimum absolute atomic E-state index is 0.0378. The Morgan fingerprint density at radius 3 is 2.50 bits per heavy atom. The fraction of sp³-hybridized carbons (Fsp3) is 0.200. The fourth-order valence-electron chi connectivity index (χ4n) is 1.09. The zero-order valence-electron chi connectivity index (χ0n) is 9.77. The second-order valence-electron chi connectivity index (χ2n) is 3.69. The molecule has 3 N–H and O–H groups in total. The molecule has 0 aliphatic heterocycles. The SMILES string of the molecule is CC(C)=NNC(=O)c1ccc(Cl)c(S(N)(=O)=O)c1. The van der Waals surface area contributed by atoms with Gasteiger partial charge in [0.15, 0.2) is 0 Å². The van der Waals surface area contributed by atoms with Gasteiger partial charge in [-0.25, -0.2) is 19.0 Å². The lowest BCUT2D eigenvalue weighted by Gasteiger charge is -2.05. The Hall–Kier alpha value is -1.44. The monoisotopic (exact) mass is 289 g/mol. The van der Waals surface area contributed by atoms with Crippen LogP contribution in [-0.4, -0.2) is 20.0 Å². The molecular formula is C10H12ClN3O3S. The average molecular weight is 290 g/mol. The molecule has 0 atom stereocenters. The summed E-state index contributed by atoms with van der Waals surface area (Å²) in [6.45, 7) is 3.41. The third kappa shape index (κ3) is 3.80. The largest absolute Gasteiger partial charge is 0.271 e. The van der Waals surface area contributed by atoms with E-state index in [-0.39, 0.29) is 15.5 Å². The van der Waals surface area contributed by atoms with Gasteiger partial charge in [0.1, 0.15) is 4.90 Å². The summed E-state index contributed by atoms with van der Waals surface area (Å²) in [5, 5.41) is 8.66. The summed E-state index contributed by atoms with van der Waals surface area (Å²) in [7, 11) is -3.97. The van der Waals surface area contributed by atoms with Crippen LogP contribution in [0.4, 0.5) is 0 Å². The van der Waals surface area contributed by atoms with Crippen molar-refractivity contribution in [1.29, 1.82) is 0 Å². The maximum absolute atomic E-state index is 11.6. The molecule has 8 heteroatoms. The van der Waals surface area contributed by atoms with Gasteiger partial charge in [0.25, 0.3) is 5.91 Å². The molecule has 6 nitrogen and oxygen atoms in total. The Kier molecular flexibility index (Phi) is 4.44. The molecule has 1 amide bonds. The highest BCUT2D eigenvalue weighted by atomic mass is 35.5. The number of sulfonamides is 1. The molecule has 18 heavy (non-hydrogen) atoms. The zero-order valence-corrected chi connectivity index (χ0v) is 11.3. The van der Waals surface area contributed by atoms with Crippen molar-refractivity contribution in [2.75, 3.05) is 0 Å². The number of nitrogens with zero attached hydrogens (tertiary/aromatic N) is 1. The van der Waals surface area contributed by atoms with Crippen LogP contribution >= 0.6 is 11.6 Å². The molecule has 98 valence electrons. The molecule has 0 heterocycles. The van der Waals surface area contributed by atoms with E-state index in [1.54, 1.807) is 13.8 Å². The number of nitrogens with two attached hydrogens (primary N) is 1. The van der Waals surface area contributed by atoms with Crippen molar-refractivity contribution in [1.82, 2.24) is 5.43 Å². The van der Waals surface area contributed by atoms with Gasteiger partial charge in [0.05, 0.1) is 5.02 Å². The molecular weight excluding hydrogens is 278 g/mol. The van der Waals surface area contributed by atoms with E-state index >= 15 is 0 Å². The van der Waals surface area contributed by atoms with Crippen LogP contribution in [0.1, 0.15) is 24.2 Å². The third-order valence-electron chi connectivity index (χ3n) is 1.88. The second-order valence-corrected chi connectivity index (χ2v) is 5.63. The van der Waals surface area contributed by atoms with Crippen molar-refractivity contribution < 1.29 is 13.2 Å². The van der Waals surface area contributed by atoms with Crippen LogP contribution in [0, 0.1) is 0 Å². The predicted octanol–water partition coefficient (Wildman–Crippen LogP) is 1.11. The third-order valence-corrected chi connectivity index (χ3v) is 3.27. The Bertz CT molecular complexity index is 607. The van der Waals surface area contributed by atoms with E-state index in [0.29, 0.717) is 5.71 Å². The van der Waals surface area contributed by atoms with Gasteiger partial charge in [0.2, 0.25) is 10.0 Å². The van der Waals surface area contributed by atoms with Crippen LogP contribution < -0.4 is 10.6 Å². The van der Waals surface area contributed by atoms with Crippen molar-refractivity contribution in [2.45, 2.75) is 18.7 Å². The van der Waals surface area contributed by atoms with E-state index in [2.05, 4.69) is 10.5 Å². The molecule has 0 bridgehead atoms. The van der Waals surface area contributed by atoms with E-state index in [1.165, 1.54) is 12.1 Å².